The van der Waals surface area contributed by atoms with Crippen LogP contribution in [0.15, 0.2) is 48.7 Å². The second-order valence-corrected chi connectivity index (χ2v) is 5.25. The molecule has 1 fully saturated rings. The van der Waals surface area contributed by atoms with Crippen molar-refractivity contribution in [2.24, 2.45) is 0 Å². The molecular weight excluding hydrogens is 248 g/mol. The Bertz CT molecular complexity index is 609. The number of pyridine rings is 1. The van der Waals surface area contributed by atoms with Gasteiger partial charge in [0.15, 0.2) is 0 Å². The summed E-state index contributed by atoms with van der Waals surface area (Å²) in [4.78, 5) is 18.9. The van der Waals surface area contributed by atoms with Gasteiger partial charge in [-0.1, -0.05) is 18.2 Å². The Kier molecular flexibility index (Phi) is 3.50. The second-order valence-electron chi connectivity index (χ2n) is 5.25. The van der Waals surface area contributed by atoms with E-state index in [1.54, 1.807) is 0 Å². The molecule has 1 amide bonds. The van der Waals surface area contributed by atoms with Crippen molar-refractivity contribution in [3.63, 3.8) is 0 Å². The van der Waals surface area contributed by atoms with Gasteiger partial charge in [-0.2, -0.15) is 0 Å². The van der Waals surface area contributed by atoms with Gasteiger partial charge in [0, 0.05) is 24.0 Å². The van der Waals surface area contributed by atoms with E-state index in [1.165, 1.54) is 5.56 Å². The van der Waals surface area contributed by atoms with Crippen molar-refractivity contribution in [2.75, 3.05) is 6.54 Å². The van der Waals surface area contributed by atoms with E-state index in [0.717, 1.165) is 30.6 Å². The molecule has 1 aromatic heterocycles. The largest absolute Gasteiger partial charge is 0.332 e. The molecule has 1 saturated heterocycles. The Morgan fingerprint density at radius 2 is 2.05 bits per heavy atom. The highest BCUT2D eigenvalue weighted by Gasteiger charge is 2.30. The molecule has 3 heteroatoms. The van der Waals surface area contributed by atoms with E-state index in [2.05, 4.69) is 11.1 Å². The average molecular weight is 266 g/mol. The Morgan fingerprint density at radius 1 is 1.25 bits per heavy atom. The van der Waals surface area contributed by atoms with Gasteiger partial charge < -0.3 is 4.90 Å². The zero-order valence-corrected chi connectivity index (χ0v) is 11.6. The van der Waals surface area contributed by atoms with Crippen LogP contribution in [0, 0.1) is 6.92 Å². The summed E-state index contributed by atoms with van der Waals surface area (Å²) in [5, 5.41) is 0. The SMILES string of the molecule is Cc1cc([C@H]2CCCN2C(=O)c2ccccc2)ccn1. The molecule has 1 aromatic carbocycles. The van der Waals surface area contributed by atoms with E-state index in [4.69, 9.17) is 0 Å². The molecule has 0 bridgehead atoms. The molecule has 2 aromatic rings. The molecule has 20 heavy (non-hydrogen) atoms. The number of rotatable bonds is 2. The minimum Gasteiger partial charge on any atom is -0.332 e. The monoisotopic (exact) mass is 266 g/mol. The van der Waals surface area contributed by atoms with Crippen molar-refractivity contribution < 1.29 is 4.79 Å². The lowest BCUT2D eigenvalue weighted by atomic mass is 10.0. The average Bonchev–Trinajstić information content (AvgIpc) is 2.97. The second kappa shape index (κ2) is 5.45. The Balaban J connectivity index is 1.88. The molecule has 0 saturated carbocycles. The van der Waals surface area contributed by atoms with Crippen LogP contribution in [-0.4, -0.2) is 22.3 Å². The lowest BCUT2D eigenvalue weighted by Crippen LogP contribution is -2.30. The third kappa shape index (κ3) is 2.44. The number of amides is 1. The number of aromatic nitrogens is 1. The summed E-state index contributed by atoms with van der Waals surface area (Å²) < 4.78 is 0. The van der Waals surface area contributed by atoms with E-state index in [1.807, 2.05) is 54.4 Å². The van der Waals surface area contributed by atoms with Crippen LogP contribution in [0.5, 0.6) is 0 Å². The summed E-state index contributed by atoms with van der Waals surface area (Å²) in [6.45, 7) is 2.82. The van der Waals surface area contributed by atoms with Crippen LogP contribution in [0.1, 0.15) is 40.5 Å². The fourth-order valence-electron chi connectivity index (χ4n) is 2.88. The van der Waals surface area contributed by atoms with Crippen LogP contribution < -0.4 is 0 Å². The highest BCUT2D eigenvalue weighted by atomic mass is 16.2. The van der Waals surface area contributed by atoms with Gasteiger partial charge in [0.05, 0.1) is 6.04 Å². The summed E-state index contributed by atoms with van der Waals surface area (Å²) in [7, 11) is 0. The zero-order valence-electron chi connectivity index (χ0n) is 11.6. The Hall–Kier alpha value is -2.16. The maximum absolute atomic E-state index is 12.6. The number of carbonyl (C=O) groups is 1. The van der Waals surface area contributed by atoms with Gasteiger partial charge in [0.2, 0.25) is 0 Å². The highest BCUT2D eigenvalue weighted by molar-refractivity contribution is 5.94. The van der Waals surface area contributed by atoms with Crippen molar-refractivity contribution in [1.29, 1.82) is 0 Å². The molecule has 1 aliphatic heterocycles. The predicted octanol–water partition coefficient (Wildman–Crippen LogP) is 3.37. The van der Waals surface area contributed by atoms with Gasteiger partial charge in [-0.05, 0) is 49.6 Å². The standard InChI is InChI=1S/C17H18N2O/c1-13-12-15(9-10-18-13)16-8-5-11-19(16)17(20)14-6-3-2-4-7-14/h2-4,6-7,9-10,12,16H,5,8,11H2,1H3/t16-/m1/s1. The van der Waals surface area contributed by atoms with Gasteiger partial charge in [0.1, 0.15) is 0 Å². The summed E-state index contributed by atoms with van der Waals surface area (Å²) in [5.41, 5.74) is 2.96. The summed E-state index contributed by atoms with van der Waals surface area (Å²) in [5.74, 6) is 0.127. The van der Waals surface area contributed by atoms with E-state index in [9.17, 15) is 4.79 Å². The maximum Gasteiger partial charge on any atom is 0.254 e. The molecule has 0 spiro atoms. The molecule has 0 radical (unpaired) electrons. The first-order valence-corrected chi connectivity index (χ1v) is 7.04. The summed E-state index contributed by atoms with van der Waals surface area (Å²) in [6.07, 6.45) is 3.92. The van der Waals surface area contributed by atoms with Crippen molar-refractivity contribution in [3.8, 4) is 0 Å². The van der Waals surface area contributed by atoms with E-state index in [-0.39, 0.29) is 11.9 Å². The highest BCUT2D eigenvalue weighted by Crippen LogP contribution is 2.33. The van der Waals surface area contributed by atoms with Gasteiger partial charge >= 0.3 is 0 Å². The smallest absolute Gasteiger partial charge is 0.254 e. The Morgan fingerprint density at radius 3 is 2.80 bits per heavy atom. The lowest BCUT2D eigenvalue weighted by Gasteiger charge is -2.25. The molecule has 0 aliphatic carbocycles. The molecule has 2 heterocycles. The molecular formula is C17H18N2O. The van der Waals surface area contributed by atoms with Crippen molar-refractivity contribution >= 4 is 5.91 Å². The number of benzene rings is 1. The molecule has 1 aliphatic rings. The fourth-order valence-corrected chi connectivity index (χ4v) is 2.88. The van der Waals surface area contributed by atoms with Crippen molar-refractivity contribution in [2.45, 2.75) is 25.8 Å². The third-order valence-corrected chi connectivity index (χ3v) is 3.84. The van der Waals surface area contributed by atoms with E-state index in [0.29, 0.717) is 0 Å². The van der Waals surface area contributed by atoms with E-state index >= 15 is 0 Å². The van der Waals surface area contributed by atoms with Crippen LogP contribution in [0.25, 0.3) is 0 Å². The van der Waals surface area contributed by atoms with Crippen molar-refractivity contribution in [3.05, 3.63) is 65.5 Å². The minimum atomic E-state index is 0.127. The number of aryl methyl sites for hydroxylation is 1. The topological polar surface area (TPSA) is 33.2 Å². The Labute approximate surface area is 119 Å². The summed E-state index contributed by atoms with van der Waals surface area (Å²) >= 11 is 0. The quantitative estimate of drug-likeness (QED) is 0.835. The maximum atomic E-state index is 12.6. The fraction of sp³-hybridized carbons (Fsp3) is 0.294. The van der Waals surface area contributed by atoms with Crippen LogP contribution >= 0.6 is 0 Å². The molecule has 1 atom stereocenters. The number of nitrogens with zero attached hydrogens (tertiary/aromatic N) is 2. The minimum absolute atomic E-state index is 0.127. The van der Waals surface area contributed by atoms with Crippen LogP contribution in [0.2, 0.25) is 0 Å². The first-order valence-electron chi connectivity index (χ1n) is 7.04. The van der Waals surface area contributed by atoms with E-state index < -0.39 is 0 Å². The number of hydrogen-bond donors (Lipinski definition) is 0. The number of likely N-dealkylation sites (tertiary alicyclic amines) is 1. The molecule has 3 nitrogen and oxygen atoms in total. The van der Waals surface area contributed by atoms with Gasteiger partial charge in [-0.3, -0.25) is 9.78 Å². The lowest BCUT2D eigenvalue weighted by molar-refractivity contribution is 0.0735. The molecule has 3 rings (SSSR count). The predicted molar refractivity (Wildman–Crippen MR) is 78.4 cm³/mol. The normalized spacial score (nSPS) is 18.2. The third-order valence-electron chi connectivity index (χ3n) is 3.84. The van der Waals surface area contributed by atoms with Crippen LogP contribution in [0.3, 0.4) is 0 Å². The zero-order chi connectivity index (χ0) is 13.9. The van der Waals surface area contributed by atoms with Gasteiger partial charge in [-0.15, -0.1) is 0 Å². The van der Waals surface area contributed by atoms with Crippen molar-refractivity contribution in [1.82, 2.24) is 9.88 Å². The molecule has 0 N–H and O–H groups in total. The van der Waals surface area contributed by atoms with Gasteiger partial charge in [0.25, 0.3) is 5.91 Å². The summed E-state index contributed by atoms with van der Waals surface area (Å²) in [6, 6.07) is 13.8. The van der Waals surface area contributed by atoms with Crippen LogP contribution in [-0.2, 0) is 0 Å². The first-order chi connectivity index (χ1) is 9.75. The molecule has 102 valence electrons. The first kappa shape index (κ1) is 12.9. The molecule has 0 unspecified atom stereocenters. The van der Waals surface area contributed by atoms with Crippen LogP contribution in [0.4, 0.5) is 0 Å². The number of carbonyl (C=O) groups excluding carboxylic acids is 1. The number of hydrogen-bond acceptors (Lipinski definition) is 2. The van der Waals surface area contributed by atoms with Gasteiger partial charge in [-0.25, -0.2) is 0 Å².